The summed E-state index contributed by atoms with van der Waals surface area (Å²) in [5, 5.41) is 0. The van der Waals surface area contributed by atoms with Crippen molar-refractivity contribution < 1.29 is 4.74 Å². The van der Waals surface area contributed by atoms with Gasteiger partial charge in [0.15, 0.2) is 5.65 Å². The standard InChI is InChI=1S/C16H18N4O/c1-11-4-3-5-13(10-11)21-9-8-20-15-14(19-16(20)17)7-6-12(2)18-15/h3-7,10H,8-9H2,1-2H3,(H2,17,19). The highest BCUT2D eigenvalue weighted by Gasteiger charge is 2.09. The Kier molecular flexibility index (Phi) is 3.48. The Labute approximate surface area is 123 Å². The SMILES string of the molecule is Cc1cccc(OCCn2c(N)nc3ccc(C)nc32)c1. The summed E-state index contributed by atoms with van der Waals surface area (Å²) in [6, 6.07) is 11.9. The van der Waals surface area contributed by atoms with Crippen molar-refractivity contribution in [2.45, 2.75) is 20.4 Å². The van der Waals surface area contributed by atoms with Crippen LogP contribution in [0.5, 0.6) is 5.75 Å². The summed E-state index contributed by atoms with van der Waals surface area (Å²) in [4.78, 5) is 8.82. The molecule has 0 unspecified atom stereocenters. The summed E-state index contributed by atoms with van der Waals surface area (Å²) in [6.07, 6.45) is 0. The molecule has 2 aromatic heterocycles. The van der Waals surface area contributed by atoms with Crippen LogP contribution in [0, 0.1) is 13.8 Å². The van der Waals surface area contributed by atoms with Gasteiger partial charge in [-0.05, 0) is 43.7 Å². The Bertz CT molecular complexity index is 779. The number of ether oxygens (including phenoxy) is 1. The topological polar surface area (TPSA) is 66.0 Å². The van der Waals surface area contributed by atoms with Crippen molar-refractivity contribution >= 4 is 17.1 Å². The fourth-order valence-electron chi connectivity index (χ4n) is 2.29. The van der Waals surface area contributed by atoms with E-state index in [1.165, 1.54) is 5.56 Å². The molecule has 5 heteroatoms. The van der Waals surface area contributed by atoms with E-state index in [1.807, 2.05) is 54.8 Å². The number of nitrogens with zero attached hydrogens (tertiary/aromatic N) is 3. The predicted molar refractivity (Wildman–Crippen MR) is 83.4 cm³/mol. The molecule has 108 valence electrons. The van der Waals surface area contributed by atoms with Crippen LogP contribution in [0.4, 0.5) is 5.95 Å². The second-order valence-electron chi connectivity index (χ2n) is 5.08. The third kappa shape index (κ3) is 2.81. The number of aromatic nitrogens is 3. The minimum atomic E-state index is 0.468. The molecule has 0 radical (unpaired) electrons. The number of imidazole rings is 1. The average Bonchev–Trinajstić information content (AvgIpc) is 2.75. The van der Waals surface area contributed by atoms with Gasteiger partial charge in [-0.15, -0.1) is 0 Å². The average molecular weight is 282 g/mol. The molecule has 3 rings (SSSR count). The van der Waals surface area contributed by atoms with E-state index in [-0.39, 0.29) is 0 Å². The van der Waals surface area contributed by atoms with Crippen LogP contribution in [0.25, 0.3) is 11.2 Å². The number of benzene rings is 1. The van der Waals surface area contributed by atoms with Gasteiger partial charge in [-0.3, -0.25) is 4.57 Å². The summed E-state index contributed by atoms with van der Waals surface area (Å²) in [6.45, 7) is 5.14. The molecule has 5 nitrogen and oxygen atoms in total. The molecule has 0 atom stereocenters. The smallest absolute Gasteiger partial charge is 0.202 e. The zero-order chi connectivity index (χ0) is 14.8. The number of rotatable bonds is 4. The third-order valence-electron chi connectivity index (χ3n) is 3.33. The van der Waals surface area contributed by atoms with E-state index >= 15 is 0 Å². The highest BCUT2D eigenvalue weighted by molar-refractivity contribution is 5.74. The maximum absolute atomic E-state index is 5.96. The third-order valence-corrected chi connectivity index (χ3v) is 3.33. The first-order valence-electron chi connectivity index (χ1n) is 6.92. The fourth-order valence-corrected chi connectivity index (χ4v) is 2.29. The molecule has 2 N–H and O–H groups in total. The van der Waals surface area contributed by atoms with Crippen LogP contribution in [-0.2, 0) is 6.54 Å². The van der Waals surface area contributed by atoms with Crippen molar-refractivity contribution in [2.24, 2.45) is 0 Å². The van der Waals surface area contributed by atoms with Gasteiger partial charge in [0.05, 0.1) is 6.54 Å². The lowest BCUT2D eigenvalue weighted by molar-refractivity contribution is 0.300. The summed E-state index contributed by atoms with van der Waals surface area (Å²) in [5.41, 5.74) is 9.71. The van der Waals surface area contributed by atoms with Crippen LogP contribution in [0.15, 0.2) is 36.4 Å². The zero-order valence-electron chi connectivity index (χ0n) is 12.2. The molecule has 3 aromatic rings. The van der Waals surface area contributed by atoms with Crippen molar-refractivity contribution in [1.82, 2.24) is 14.5 Å². The van der Waals surface area contributed by atoms with Crippen molar-refractivity contribution in [2.75, 3.05) is 12.3 Å². The second-order valence-corrected chi connectivity index (χ2v) is 5.08. The highest BCUT2D eigenvalue weighted by Crippen LogP contribution is 2.17. The van der Waals surface area contributed by atoms with Gasteiger partial charge in [0, 0.05) is 5.69 Å². The molecule has 0 aliphatic carbocycles. The van der Waals surface area contributed by atoms with Gasteiger partial charge in [-0.2, -0.15) is 0 Å². The van der Waals surface area contributed by atoms with E-state index in [0.717, 1.165) is 22.6 Å². The Morgan fingerprint density at radius 1 is 1.14 bits per heavy atom. The number of hydrogen-bond donors (Lipinski definition) is 1. The predicted octanol–water partition coefficient (Wildman–Crippen LogP) is 2.71. The highest BCUT2D eigenvalue weighted by atomic mass is 16.5. The lowest BCUT2D eigenvalue weighted by Gasteiger charge is -2.09. The summed E-state index contributed by atoms with van der Waals surface area (Å²) in [7, 11) is 0. The number of pyridine rings is 1. The molecule has 0 fully saturated rings. The molecule has 21 heavy (non-hydrogen) atoms. The second kappa shape index (κ2) is 5.44. The molecular weight excluding hydrogens is 264 g/mol. The van der Waals surface area contributed by atoms with Crippen LogP contribution in [-0.4, -0.2) is 21.1 Å². The fraction of sp³-hybridized carbons (Fsp3) is 0.250. The summed E-state index contributed by atoms with van der Waals surface area (Å²) < 4.78 is 7.65. The van der Waals surface area contributed by atoms with Crippen molar-refractivity contribution in [3.63, 3.8) is 0 Å². The molecular formula is C16H18N4O. The van der Waals surface area contributed by atoms with E-state index in [4.69, 9.17) is 10.5 Å². The van der Waals surface area contributed by atoms with E-state index in [0.29, 0.717) is 19.1 Å². The van der Waals surface area contributed by atoms with E-state index in [2.05, 4.69) is 9.97 Å². The molecule has 0 amide bonds. The first-order valence-corrected chi connectivity index (χ1v) is 6.92. The lowest BCUT2D eigenvalue weighted by atomic mass is 10.2. The van der Waals surface area contributed by atoms with Gasteiger partial charge in [-0.25, -0.2) is 9.97 Å². The zero-order valence-corrected chi connectivity index (χ0v) is 12.2. The minimum Gasteiger partial charge on any atom is -0.492 e. The van der Waals surface area contributed by atoms with Gasteiger partial charge in [0.1, 0.15) is 17.9 Å². The van der Waals surface area contributed by atoms with Gasteiger partial charge in [0.25, 0.3) is 0 Å². The van der Waals surface area contributed by atoms with Crippen LogP contribution < -0.4 is 10.5 Å². The molecule has 0 aliphatic heterocycles. The number of anilines is 1. The van der Waals surface area contributed by atoms with E-state index < -0.39 is 0 Å². The molecule has 0 saturated heterocycles. The Hall–Kier alpha value is -2.56. The molecule has 2 heterocycles. The lowest BCUT2D eigenvalue weighted by Crippen LogP contribution is -2.11. The normalized spacial score (nSPS) is 11.0. The minimum absolute atomic E-state index is 0.468. The molecule has 0 spiro atoms. The molecule has 0 aliphatic rings. The Balaban J connectivity index is 1.76. The maximum atomic E-state index is 5.96. The van der Waals surface area contributed by atoms with Crippen LogP contribution in [0.1, 0.15) is 11.3 Å². The summed E-state index contributed by atoms with van der Waals surface area (Å²) >= 11 is 0. The van der Waals surface area contributed by atoms with Gasteiger partial charge >= 0.3 is 0 Å². The maximum Gasteiger partial charge on any atom is 0.202 e. The first kappa shape index (κ1) is 13.4. The molecule has 1 aromatic carbocycles. The molecule has 0 bridgehead atoms. The largest absolute Gasteiger partial charge is 0.492 e. The number of nitrogens with two attached hydrogens (primary N) is 1. The van der Waals surface area contributed by atoms with Crippen LogP contribution >= 0.6 is 0 Å². The van der Waals surface area contributed by atoms with Crippen LogP contribution in [0.3, 0.4) is 0 Å². The van der Waals surface area contributed by atoms with Gasteiger partial charge < -0.3 is 10.5 Å². The Morgan fingerprint density at radius 2 is 2.00 bits per heavy atom. The van der Waals surface area contributed by atoms with E-state index in [9.17, 15) is 0 Å². The number of fused-ring (bicyclic) bond motifs is 1. The molecule has 0 saturated carbocycles. The summed E-state index contributed by atoms with van der Waals surface area (Å²) in [5.74, 6) is 1.33. The quantitative estimate of drug-likeness (QED) is 0.799. The number of nitrogen functional groups attached to an aromatic ring is 1. The monoisotopic (exact) mass is 282 g/mol. The number of hydrogen-bond acceptors (Lipinski definition) is 4. The Morgan fingerprint density at radius 3 is 2.81 bits per heavy atom. The van der Waals surface area contributed by atoms with Crippen LogP contribution in [0.2, 0.25) is 0 Å². The van der Waals surface area contributed by atoms with Crippen molar-refractivity contribution in [3.8, 4) is 5.75 Å². The van der Waals surface area contributed by atoms with Gasteiger partial charge in [0.2, 0.25) is 5.95 Å². The van der Waals surface area contributed by atoms with Gasteiger partial charge in [-0.1, -0.05) is 12.1 Å². The number of aryl methyl sites for hydroxylation is 2. The van der Waals surface area contributed by atoms with E-state index in [1.54, 1.807) is 0 Å². The van der Waals surface area contributed by atoms with Crippen molar-refractivity contribution in [3.05, 3.63) is 47.7 Å². The first-order chi connectivity index (χ1) is 10.1. The van der Waals surface area contributed by atoms with Crippen molar-refractivity contribution in [1.29, 1.82) is 0 Å².